The molecule has 0 saturated carbocycles. The molecule has 2 heterocycles. The van der Waals surface area contributed by atoms with Gasteiger partial charge in [-0.2, -0.15) is 4.98 Å². The zero-order valence-corrected chi connectivity index (χ0v) is 10.5. The lowest BCUT2D eigenvalue weighted by atomic mass is 10.1. The summed E-state index contributed by atoms with van der Waals surface area (Å²) >= 11 is 0. The van der Waals surface area contributed by atoms with Gasteiger partial charge in [0.15, 0.2) is 5.82 Å². The SMILES string of the molecule is C#Cc1cccc(-c2ccc3nc(N)nc(N)c3n2)c1. The van der Waals surface area contributed by atoms with Gasteiger partial charge < -0.3 is 11.5 Å². The number of terminal acetylenes is 1. The molecule has 0 aliphatic heterocycles. The van der Waals surface area contributed by atoms with Crippen LogP contribution in [0.25, 0.3) is 22.3 Å². The third-order valence-corrected chi connectivity index (χ3v) is 2.91. The molecule has 3 rings (SSSR count). The van der Waals surface area contributed by atoms with Gasteiger partial charge in [-0.1, -0.05) is 18.1 Å². The van der Waals surface area contributed by atoms with Crippen LogP contribution < -0.4 is 11.5 Å². The van der Waals surface area contributed by atoms with Crippen LogP contribution in [0.4, 0.5) is 11.8 Å². The van der Waals surface area contributed by atoms with Crippen LogP contribution in [0, 0.1) is 12.3 Å². The predicted molar refractivity (Wildman–Crippen MR) is 79.5 cm³/mol. The minimum absolute atomic E-state index is 0.138. The first-order valence-corrected chi connectivity index (χ1v) is 5.94. The third kappa shape index (κ3) is 1.99. The highest BCUT2D eigenvalue weighted by molar-refractivity contribution is 5.87. The molecule has 0 unspecified atom stereocenters. The fourth-order valence-corrected chi connectivity index (χ4v) is 1.98. The van der Waals surface area contributed by atoms with E-state index in [1.807, 2.05) is 36.4 Å². The number of hydrogen-bond donors (Lipinski definition) is 2. The van der Waals surface area contributed by atoms with E-state index in [1.54, 1.807) is 0 Å². The van der Waals surface area contributed by atoms with Crippen LogP contribution in [0.2, 0.25) is 0 Å². The topological polar surface area (TPSA) is 90.7 Å². The van der Waals surface area contributed by atoms with Gasteiger partial charge in [-0.15, -0.1) is 6.42 Å². The molecule has 2 aromatic heterocycles. The normalized spacial score (nSPS) is 10.3. The lowest BCUT2D eigenvalue weighted by Gasteiger charge is -2.05. The van der Waals surface area contributed by atoms with Crippen molar-refractivity contribution in [3.8, 4) is 23.6 Å². The highest BCUT2D eigenvalue weighted by Crippen LogP contribution is 2.23. The Morgan fingerprint density at radius 2 is 1.85 bits per heavy atom. The first kappa shape index (κ1) is 11.9. The fourth-order valence-electron chi connectivity index (χ4n) is 1.98. The molecule has 1 aromatic carbocycles. The Kier molecular flexibility index (Phi) is 2.70. The second kappa shape index (κ2) is 4.52. The van der Waals surface area contributed by atoms with E-state index in [0.29, 0.717) is 11.0 Å². The molecular formula is C15H11N5. The van der Waals surface area contributed by atoms with Crippen LogP contribution in [0.1, 0.15) is 5.56 Å². The van der Waals surface area contributed by atoms with Gasteiger partial charge >= 0.3 is 0 Å². The van der Waals surface area contributed by atoms with Crippen LogP contribution >= 0.6 is 0 Å². The van der Waals surface area contributed by atoms with Crippen molar-refractivity contribution in [1.29, 1.82) is 0 Å². The summed E-state index contributed by atoms with van der Waals surface area (Å²) in [5.74, 6) is 3.00. The highest BCUT2D eigenvalue weighted by atomic mass is 15.0. The summed E-state index contributed by atoms with van der Waals surface area (Å²) in [4.78, 5) is 12.5. The molecule has 0 atom stereocenters. The number of fused-ring (bicyclic) bond motifs is 1. The fraction of sp³-hybridized carbons (Fsp3) is 0. The number of aromatic nitrogens is 3. The lowest BCUT2D eigenvalue weighted by Crippen LogP contribution is -2.02. The van der Waals surface area contributed by atoms with Gasteiger partial charge in [0, 0.05) is 11.1 Å². The molecule has 0 aliphatic carbocycles. The Morgan fingerprint density at radius 1 is 1.00 bits per heavy atom. The minimum Gasteiger partial charge on any atom is -0.382 e. The summed E-state index contributed by atoms with van der Waals surface area (Å²) in [6.45, 7) is 0. The van der Waals surface area contributed by atoms with Crippen molar-refractivity contribution in [2.45, 2.75) is 0 Å². The molecule has 5 nitrogen and oxygen atoms in total. The maximum absolute atomic E-state index is 5.83. The number of nitrogens with two attached hydrogens (primary N) is 2. The number of nitrogen functional groups attached to an aromatic ring is 2. The zero-order chi connectivity index (χ0) is 14.1. The Labute approximate surface area is 115 Å². The average Bonchev–Trinajstić information content (AvgIpc) is 2.47. The van der Waals surface area contributed by atoms with Crippen molar-refractivity contribution in [2.75, 3.05) is 11.5 Å². The molecule has 96 valence electrons. The predicted octanol–water partition coefficient (Wildman–Crippen LogP) is 1.84. The maximum Gasteiger partial charge on any atom is 0.222 e. The first-order valence-electron chi connectivity index (χ1n) is 5.94. The van der Waals surface area contributed by atoms with Crippen LogP contribution in [-0.4, -0.2) is 15.0 Å². The van der Waals surface area contributed by atoms with E-state index in [-0.39, 0.29) is 11.8 Å². The Balaban J connectivity index is 2.20. The highest BCUT2D eigenvalue weighted by Gasteiger charge is 2.07. The van der Waals surface area contributed by atoms with Crippen LogP contribution in [-0.2, 0) is 0 Å². The molecule has 4 N–H and O–H groups in total. The van der Waals surface area contributed by atoms with Crippen LogP contribution in [0.5, 0.6) is 0 Å². The van der Waals surface area contributed by atoms with Crippen molar-refractivity contribution in [1.82, 2.24) is 15.0 Å². The Bertz CT molecular complexity index is 848. The molecule has 3 aromatic rings. The standard InChI is InChI=1S/C15H11N5/c1-2-9-4-3-5-10(8-9)11-6-7-12-13(18-11)14(16)20-15(17)19-12/h1,3-8H,(H4,16,17,19,20). The van der Waals surface area contributed by atoms with Crippen molar-refractivity contribution < 1.29 is 0 Å². The van der Waals surface area contributed by atoms with Crippen LogP contribution in [0.3, 0.4) is 0 Å². The van der Waals surface area contributed by atoms with E-state index < -0.39 is 0 Å². The molecule has 20 heavy (non-hydrogen) atoms. The van der Waals surface area contributed by atoms with E-state index in [4.69, 9.17) is 17.9 Å². The molecule has 0 fully saturated rings. The van der Waals surface area contributed by atoms with Crippen molar-refractivity contribution >= 4 is 22.8 Å². The number of pyridine rings is 1. The first-order chi connectivity index (χ1) is 9.67. The molecular weight excluding hydrogens is 250 g/mol. The van der Waals surface area contributed by atoms with Gasteiger partial charge in [0.1, 0.15) is 5.52 Å². The molecule has 0 radical (unpaired) electrons. The summed E-state index contributed by atoms with van der Waals surface area (Å²) in [7, 11) is 0. The van der Waals surface area contributed by atoms with Crippen LogP contribution in [0.15, 0.2) is 36.4 Å². The van der Waals surface area contributed by atoms with E-state index in [2.05, 4.69) is 20.9 Å². The Hall–Kier alpha value is -3.13. The molecule has 5 heteroatoms. The number of anilines is 2. The summed E-state index contributed by atoms with van der Waals surface area (Å²) < 4.78 is 0. The van der Waals surface area contributed by atoms with Gasteiger partial charge in [-0.3, -0.25) is 0 Å². The molecule has 0 amide bonds. The quantitative estimate of drug-likeness (QED) is 0.652. The second-order valence-corrected chi connectivity index (χ2v) is 4.26. The van der Waals surface area contributed by atoms with Crippen molar-refractivity contribution in [3.63, 3.8) is 0 Å². The second-order valence-electron chi connectivity index (χ2n) is 4.26. The minimum atomic E-state index is 0.138. The number of rotatable bonds is 1. The lowest BCUT2D eigenvalue weighted by molar-refractivity contribution is 1.22. The van der Waals surface area contributed by atoms with Gasteiger partial charge in [0.25, 0.3) is 0 Å². The van der Waals surface area contributed by atoms with E-state index in [0.717, 1.165) is 16.8 Å². The van der Waals surface area contributed by atoms with E-state index in [9.17, 15) is 0 Å². The Morgan fingerprint density at radius 3 is 2.65 bits per heavy atom. The monoisotopic (exact) mass is 261 g/mol. The molecule has 0 bridgehead atoms. The van der Waals surface area contributed by atoms with Crippen molar-refractivity contribution in [3.05, 3.63) is 42.0 Å². The summed E-state index contributed by atoms with van der Waals surface area (Å²) in [6.07, 6.45) is 5.40. The summed E-state index contributed by atoms with van der Waals surface area (Å²) in [5.41, 5.74) is 15.0. The smallest absolute Gasteiger partial charge is 0.222 e. The van der Waals surface area contributed by atoms with Gasteiger partial charge in [0.05, 0.1) is 11.2 Å². The average molecular weight is 261 g/mol. The summed E-state index contributed by atoms with van der Waals surface area (Å²) in [5, 5.41) is 0. The molecule has 0 aliphatic rings. The summed E-state index contributed by atoms with van der Waals surface area (Å²) in [6, 6.07) is 11.2. The molecule has 0 spiro atoms. The maximum atomic E-state index is 5.83. The van der Waals surface area contributed by atoms with E-state index in [1.165, 1.54) is 0 Å². The zero-order valence-electron chi connectivity index (χ0n) is 10.5. The largest absolute Gasteiger partial charge is 0.382 e. The number of nitrogens with zero attached hydrogens (tertiary/aromatic N) is 3. The van der Waals surface area contributed by atoms with Gasteiger partial charge in [-0.25, -0.2) is 9.97 Å². The van der Waals surface area contributed by atoms with Crippen molar-refractivity contribution in [2.24, 2.45) is 0 Å². The van der Waals surface area contributed by atoms with Gasteiger partial charge in [-0.05, 0) is 24.3 Å². The number of benzene rings is 1. The molecule has 0 saturated heterocycles. The van der Waals surface area contributed by atoms with Gasteiger partial charge in [0.2, 0.25) is 5.95 Å². The third-order valence-electron chi connectivity index (χ3n) is 2.91. The van der Waals surface area contributed by atoms with E-state index >= 15 is 0 Å². The number of hydrogen-bond acceptors (Lipinski definition) is 5.